The summed E-state index contributed by atoms with van der Waals surface area (Å²) in [5.74, 6) is 1.96. The van der Waals surface area contributed by atoms with Crippen LogP contribution < -0.4 is 10.2 Å². The van der Waals surface area contributed by atoms with Crippen LogP contribution in [0, 0.1) is 5.92 Å². The molecule has 1 aliphatic heterocycles. The summed E-state index contributed by atoms with van der Waals surface area (Å²) >= 11 is 0. The van der Waals surface area contributed by atoms with Gasteiger partial charge in [-0.05, 0) is 18.6 Å². The van der Waals surface area contributed by atoms with Gasteiger partial charge in [-0.15, -0.1) is 0 Å². The number of hydrogen-bond donors (Lipinski definition) is 2. The third-order valence-corrected chi connectivity index (χ3v) is 3.65. The number of aromatic nitrogens is 2. The topological polar surface area (TPSA) is 61.3 Å². The Kier molecular flexibility index (Phi) is 3.21. The van der Waals surface area contributed by atoms with Gasteiger partial charge in [-0.25, -0.2) is 4.98 Å². The largest absolute Gasteiger partial charge is 0.396 e. The molecule has 0 amide bonds. The van der Waals surface area contributed by atoms with Crippen molar-refractivity contribution in [1.82, 2.24) is 9.97 Å². The van der Waals surface area contributed by atoms with Gasteiger partial charge in [0.05, 0.1) is 5.52 Å². The lowest BCUT2D eigenvalue weighted by molar-refractivity contribution is 0.238. The average molecular weight is 258 g/mol. The van der Waals surface area contributed by atoms with Crippen molar-refractivity contribution in [3.63, 3.8) is 0 Å². The molecule has 0 saturated carbocycles. The highest BCUT2D eigenvalue weighted by Gasteiger charge is 2.24. The van der Waals surface area contributed by atoms with Gasteiger partial charge in [-0.3, -0.25) is 0 Å². The van der Waals surface area contributed by atoms with Crippen molar-refractivity contribution in [2.24, 2.45) is 5.92 Å². The van der Waals surface area contributed by atoms with Gasteiger partial charge in [0.25, 0.3) is 0 Å². The zero-order chi connectivity index (χ0) is 13.2. The number of rotatable bonds is 3. The highest BCUT2D eigenvalue weighted by atomic mass is 16.3. The summed E-state index contributed by atoms with van der Waals surface area (Å²) in [5, 5.41) is 13.4. The Morgan fingerprint density at radius 1 is 1.37 bits per heavy atom. The predicted molar refractivity (Wildman–Crippen MR) is 76.5 cm³/mol. The van der Waals surface area contributed by atoms with Crippen LogP contribution in [0.25, 0.3) is 10.9 Å². The van der Waals surface area contributed by atoms with E-state index in [2.05, 4.69) is 26.3 Å². The Morgan fingerprint density at radius 2 is 2.21 bits per heavy atom. The summed E-state index contributed by atoms with van der Waals surface area (Å²) in [6.45, 7) is 2.05. The SMILES string of the molecule is CNc1nc(N2CCC(CO)C2)c2ccccc2n1. The highest BCUT2D eigenvalue weighted by Crippen LogP contribution is 2.29. The van der Waals surface area contributed by atoms with E-state index in [9.17, 15) is 5.11 Å². The quantitative estimate of drug-likeness (QED) is 0.873. The number of fused-ring (bicyclic) bond motifs is 1. The molecule has 5 nitrogen and oxygen atoms in total. The molecular formula is C14H18N4O. The Hall–Kier alpha value is -1.88. The first-order valence-corrected chi connectivity index (χ1v) is 6.62. The lowest BCUT2D eigenvalue weighted by atomic mass is 10.1. The van der Waals surface area contributed by atoms with Crippen LogP contribution in [0.5, 0.6) is 0 Å². The van der Waals surface area contributed by atoms with Crippen LogP contribution >= 0.6 is 0 Å². The fourth-order valence-corrected chi connectivity index (χ4v) is 2.59. The maximum atomic E-state index is 9.27. The number of para-hydroxylation sites is 1. The highest BCUT2D eigenvalue weighted by molar-refractivity contribution is 5.90. The minimum absolute atomic E-state index is 0.248. The van der Waals surface area contributed by atoms with Crippen molar-refractivity contribution < 1.29 is 5.11 Å². The van der Waals surface area contributed by atoms with Gasteiger partial charge in [-0.1, -0.05) is 12.1 Å². The van der Waals surface area contributed by atoms with Gasteiger partial charge in [-0.2, -0.15) is 4.98 Å². The Morgan fingerprint density at radius 3 is 2.95 bits per heavy atom. The second-order valence-electron chi connectivity index (χ2n) is 4.92. The van der Waals surface area contributed by atoms with Crippen LogP contribution in [0.2, 0.25) is 0 Å². The minimum Gasteiger partial charge on any atom is -0.396 e. The average Bonchev–Trinajstić information content (AvgIpc) is 2.94. The molecule has 0 spiro atoms. The Balaban J connectivity index is 2.06. The van der Waals surface area contributed by atoms with Crippen molar-refractivity contribution in [1.29, 1.82) is 0 Å². The van der Waals surface area contributed by atoms with Crippen molar-refractivity contribution in [2.75, 3.05) is 37.0 Å². The van der Waals surface area contributed by atoms with E-state index < -0.39 is 0 Å². The van der Waals surface area contributed by atoms with E-state index in [0.29, 0.717) is 11.9 Å². The summed E-state index contributed by atoms with van der Waals surface area (Å²) in [6, 6.07) is 8.05. The van der Waals surface area contributed by atoms with E-state index in [1.165, 1.54) is 0 Å². The van der Waals surface area contributed by atoms with Crippen LogP contribution in [0.15, 0.2) is 24.3 Å². The number of aliphatic hydroxyl groups excluding tert-OH is 1. The maximum absolute atomic E-state index is 9.27. The molecule has 0 aliphatic carbocycles. The van der Waals surface area contributed by atoms with Gasteiger partial charge in [0.1, 0.15) is 5.82 Å². The molecule has 5 heteroatoms. The summed E-state index contributed by atoms with van der Waals surface area (Å²) < 4.78 is 0. The fraction of sp³-hybridized carbons (Fsp3) is 0.429. The van der Waals surface area contributed by atoms with Gasteiger partial charge in [0.15, 0.2) is 0 Å². The molecular weight excluding hydrogens is 240 g/mol. The third-order valence-electron chi connectivity index (χ3n) is 3.65. The molecule has 2 N–H and O–H groups in total. The Labute approximate surface area is 112 Å². The number of hydrogen-bond acceptors (Lipinski definition) is 5. The summed E-state index contributed by atoms with van der Waals surface area (Å²) in [5.41, 5.74) is 0.948. The Bertz CT molecular complexity index is 587. The molecule has 1 aromatic carbocycles. The van der Waals surface area contributed by atoms with E-state index in [4.69, 9.17) is 0 Å². The summed E-state index contributed by atoms with van der Waals surface area (Å²) in [4.78, 5) is 11.3. The standard InChI is InChI=1S/C14H18N4O/c1-15-14-16-12-5-3-2-4-11(12)13(17-14)18-7-6-10(8-18)9-19/h2-5,10,19H,6-9H2,1H3,(H,15,16,17). The van der Waals surface area contributed by atoms with E-state index in [1.807, 2.05) is 25.2 Å². The molecule has 1 aromatic heterocycles. The molecule has 1 saturated heterocycles. The second kappa shape index (κ2) is 5.01. The number of nitrogens with one attached hydrogen (secondary N) is 1. The van der Waals surface area contributed by atoms with Crippen LogP contribution in [0.1, 0.15) is 6.42 Å². The van der Waals surface area contributed by atoms with Crippen LogP contribution in [0.3, 0.4) is 0 Å². The molecule has 2 heterocycles. The lowest BCUT2D eigenvalue weighted by Crippen LogP contribution is -2.22. The second-order valence-corrected chi connectivity index (χ2v) is 4.92. The molecule has 100 valence electrons. The number of benzene rings is 1. The van der Waals surface area contributed by atoms with Crippen LogP contribution in [-0.2, 0) is 0 Å². The maximum Gasteiger partial charge on any atom is 0.224 e. The summed E-state index contributed by atoms with van der Waals surface area (Å²) in [6.07, 6.45) is 1.02. The lowest BCUT2D eigenvalue weighted by Gasteiger charge is -2.19. The van der Waals surface area contributed by atoms with Crippen LogP contribution in [0.4, 0.5) is 11.8 Å². The molecule has 2 aromatic rings. The first kappa shape index (κ1) is 12.2. The fourth-order valence-electron chi connectivity index (χ4n) is 2.59. The molecule has 1 fully saturated rings. The van der Waals surface area contributed by atoms with Gasteiger partial charge >= 0.3 is 0 Å². The van der Waals surface area contributed by atoms with Gasteiger partial charge in [0, 0.05) is 38.0 Å². The monoisotopic (exact) mass is 258 g/mol. The van der Waals surface area contributed by atoms with Crippen molar-refractivity contribution in [2.45, 2.75) is 6.42 Å². The van der Waals surface area contributed by atoms with E-state index in [-0.39, 0.29) is 6.61 Å². The zero-order valence-corrected chi connectivity index (χ0v) is 11.0. The molecule has 19 heavy (non-hydrogen) atoms. The minimum atomic E-state index is 0.248. The van der Waals surface area contributed by atoms with Crippen molar-refractivity contribution >= 4 is 22.7 Å². The smallest absolute Gasteiger partial charge is 0.224 e. The van der Waals surface area contributed by atoms with E-state index >= 15 is 0 Å². The molecule has 0 radical (unpaired) electrons. The molecule has 0 bridgehead atoms. The summed E-state index contributed by atoms with van der Waals surface area (Å²) in [7, 11) is 1.83. The van der Waals surface area contributed by atoms with Crippen molar-refractivity contribution in [3.8, 4) is 0 Å². The van der Waals surface area contributed by atoms with E-state index in [1.54, 1.807) is 0 Å². The normalized spacial score (nSPS) is 19.1. The zero-order valence-electron chi connectivity index (χ0n) is 11.0. The predicted octanol–water partition coefficient (Wildman–Crippen LogP) is 1.49. The third kappa shape index (κ3) is 2.21. The molecule has 3 rings (SSSR count). The van der Waals surface area contributed by atoms with E-state index in [0.717, 1.165) is 36.2 Å². The van der Waals surface area contributed by atoms with Crippen molar-refractivity contribution in [3.05, 3.63) is 24.3 Å². The first-order chi connectivity index (χ1) is 9.31. The number of aliphatic hydroxyl groups is 1. The van der Waals surface area contributed by atoms with Gasteiger partial charge < -0.3 is 15.3 Å². The first-order valence-electron chi connectivity index (χ1n) is 6.62. The molecule has 1 atom stereocenters. The van der Waals surface area contributed by atoms with Crippen LogP contribution in [-0.4, -0.2) is 41.8 Å². The number of anilines is 2. The molecule has 1 aliphatic rings. The number of nitrogens with zero attached hydrogens (tertiary/aromatic N) is 3. The molecule has 1 unspecified atom stereocenters. The van der Waals surface area contributed by atoms with Gasteiger partial charge in [0.2, 0.25) is 5.95 Å².